The molecule has 144 valence electrons. The van der Waals surface area contributed by atoms with Gasteiger partial charge in [-0.3, -0.25) is 9.69 Å². The average Bonchev–Trinajstić information content (AvgIpc) is 2.71. The van der Waals surface area contributed by atoms with Gasteiger partial charge in [0.2, 0.25) is 5.91 Å². The van der Waals surface area contributed by atoms with E-state index in [-0.39, 0.29) is 11.9 Å². The maximum absolute atomic E-state index is 13.3. The van der Waals surface area contributed by atoms with Crippen molar-refractivity contribution in [2.75, 3.05) is 13.1 Å². The fourth-order valence-electron chi connectivity index (χ4n) is 3.26. The minimum Gasteiger partial charge on any atom is -0.350 e. The van der Waals surface area contributed by atoms with E-state index < -0.39 is 11.6 Å². The monoisotopic (exact) mass is 381 g/mol. The summed E-state index contributed by atoms with van der Waals surface area (Å²) in [4.78, 5) is 14.3. The van der Waals surface area contributed by atoms with E-state index >= 15 is 0 Å². The number of amides is 1. The Kier molecular flexibility index (Phi) is 6.51. The van der Waals surface area contributed by atoms with Crippen LogP contribution in [0.2, 0.25) is 0 Å². The first-order valence-electron chi connectivity index (χ1n) is 9.18. The molecule has 1 heterocycles. The van der Waals surface area contributed by atoms with Crippen LogP contribution in [-0.2, 0) is 11.3 Å². The van der Waals surface area contributed by atoms with Crippen molar-refractivity contribution in [3.63, 3.8) is 0 Å². The highest BCUT2D eigenvalue weighted by molar-refractivity contribution is 5.91. The van der Waals surface area contributed by atoms with Gasteiger partial charge in [0.15, 0.2) is 11.6 Å². The predicted molar refractivity (Wildman–Crippen MR) is 103 cm³/mol. The topological polar surface area (TPSA) is 56.1 Å². The molecule has 1 fully saturated rings. The normalized spacial score (nSPS) is 15.5. The van der Waals surface area contributed by atoms with E-state index in [1.54, 1.807) is 30.3 Å². The summed E-state index contributed by atoms with van der Waals surface area (Å²) in [6.45, 7) is 2.11. The number of nitrogens with zero attached hydrogens (tertiary/aromatic N) is 2. The van der Waals surface area contributed by atoms with Gasteiger partial charge in [-0.05, 0) is 54.3 Å². The number of carbonyl (C=O) groups excluding carboxylic acids is 1. The molecule has 1 aliphatic heterocycles. The van der Waals surface area contributed by atoms with Gasteiger partial charge in [-0.25, -0.2) is 8.78 Å². The summed E-state index contributed by atoms with van der Waals surface area (Å²) in [5, 5.41) is 11.9. The fraction of sp³-hybridized carbons (Fsp3) is 0.273. The molecule has 1 amide bonds. The molecule has 1 saturated heterocycles. The van der Waals surface area contributed by atoms with Crippen LogP contribution < -0.4 is 5.32 Å². The van der Waals surface area contributed by atoms with Gasteiger partial charge in [0, 0.05) is 31.8 Å². The van der Waals surface area contributed by atoms with E-state index in [1.807, 2.05) is 6.07 Å². The number of halogens is 2. The summed E-state index contributed by atoms with van der Waals surface area (Å²) in [5.74, 6) is -1.83. The van der Waals surface area contributed by atoms with Crippen molar-refractivity contribution in [3.8, 4) is 6.07 Å². The molecule has 28 heavy (non-hydrogen) atoms. The molecular formula is C22H21F2N3O. The van der Waals surface area contributed by atoms with Gasteiger partial charge in [-0.15, -0.1) is 0 Å². The second-order valence-electron chi connectivity index (χ2n) is 6.88. The Morgan fingerprint density at radius 1 is 1.18 bits per heavy atom. The number of rotatable bonds is 5. The Hall–Kier alpha value is -3.04. The molecule has 0 atom stereocenters. The molecule has 0 aliphatic carbocycles. The Morgan fingerprint density at radius 3 is 2.68 bits per heavy atom. The predicted octanol–water partition coefficient (Wildman–Crippen LogP) is 3.63. The van der Waals surface area contributed by atoms with Crippen LogP contribution in [0.1, 0.15) is 29.5 Å². The number of piperidine rings is 1. The van der Waals surface area contributed by atoms with Crippen LogP contribution in [0.15, 0.2) is 48.5 Å². The molecular weight excluding hydrogens is 360 g/mol. The van der Waals surface area contributed by atoms with E-state index in [0.717, 1.165) is 43.1 Å². The summed E-state index contributed by atoms with van der Waals surface area (Å²) >= 11 is 0. The third-order valence-electron chi connectivity index (χ3n) is 4.77. The molecule has 3 rings (SSSR count). The van der Waals surface area contributed by atoms with Gasteiger partial charge in [0.1, 0.15) is 0 Å². The Morgan fingerprint density at radius 2 is 1.96 bits per heavy atom. The molecule has 2 aromatic carbocycles. The van der Waals surface area contributed by atoms with Crippen LogP contribution in [0, 0.1) is 23.0 Å². The second-order valence-corrected chi connectivity index (χ2v) is 6.88. The second kappa shape index (κ2) is 9.25. The molecule has 0 bridgehead atoms. The van der Waals surface area contributed by atoms with Crippen LogP contribution in [0.4, 0.5) is 8.78 Å². The van der Waals surface area contributed by atoms with Crippen LogP contribution in [0.25, 0.3) is 6.08 Å². The van der Waals surface area contributed by atoms with Gasteiger partial charge >= 0.3 is 0 Å². The van der Waals surface area contributed by atoms with Crippen LogP contribution >= 0.6 is 0 Å². The SMILES string of the molecule is N#Cc1cccc(/C=C/C(=O)NC2CCN(Cc3ccc(F)c(F)c3)CC2)c1. The van der Waals surface area contributed by atoms with Gasteiger partial charge < -0.3 is 5.32 Å². The number of hydrogen-bond acceptors (Lipinski definition) is 3. The van der Waals surface area contributed by atoms with Crippen molar-refractivity contribution in [3.05, 3.63) is 76.9 Å². The van der Waals surface area contributed by atoms with E-state index in [2.05, 4.69) is 16.3 Å². The Balaban J connectivity index is 1.45. The third-order valence-corrected chi connectivity index (χ3v) is 4.77. The van der Waals surface area contributed by atoms with E-state index in [9.17, 15) is 13.6 Å². The molecule has 0 unspecified atom stereocenters. The number of carbonyl (C=O) groups is 1. The van der Waals surface area contributed by atoms with E-state index in [1.165, 1.54) is 12.1 Å². The highest BCUT2D eigenvalue weighted by Gasteiger charge is 2.20. The number of hydrogen-bond donors (Lipinski definition) is 1. The van der Waals surface area contributed by atoms with Crippen LogP contribution in [0.3, 0.4) is 0 Å². The average molecular weight is 381 g/mol. The Bertz CT molecular complexity index is 912. The minimum atomic E-state index is -0.836. The van der Waals surface area contributed by atoms with E-state index in [4.69, 9.17) is 5.26 Å². The molecule has 6 heteroatoms. The minimum absolute atomic E-state index is 0.0868. The number of nitrogens with one attached hydrogen (secondary N) is 1. The molecule has 1 N–H and O–H groups in total. The zero-order chi connectivity index (χ0) is 19.9. The number of benzene rings is 2. The van der Waals surface area contributed by atoms with Crippen molar-refractivity contribution < 1.29 is 13.6 Å². The summed E-state index contributed by atoms with van der Waals surface area (Å²) in [6.07, 6.45) is 4.76. The quantitative estimate of drug-likeness (QED) is 0.805. The molecule has 1 aliphatic rings. The highest BCUT2D eigenvalue weighted by atomic mass is 19.2. The van der Waals surface area contributed by atoms with Crippen molar-refractivity contribution in [1.29, 1.82) is 5.26 Å². The maximum Gasteiger partial charge on any atom is 0.244 e. The summed E-state index contributed by atoms with van der Waals surface area (Å²) in [7, 11) is 0. The molecule has 2 aromatic rings. The van der Waals surface area contributed by atoms with Crippen molar-refractivity contribution >= 4 is 12.0 Å². The first-order valence-corrected chi connectivity index (χ1v) is 9.18. The van der Waals surface area contributed by atoms with Crippen molar-refractivity contribution in [2.45, 2.75) is 25.4 Å². The summed E-state index contributed by atoms with van der Waals surface area (Å²) in [6, 6.07) is 13.2. The maximum atomic E-state index is 13.3. The van der Waals surface area contributed by atoms with Gasteiger partial charge in [-0.2, -0.15) is 5.26 Å². The van der Waals surface area contributed by atoms with Crippen LogP contribution in [0.5, 0.6) is 0 Å². The molecule has 0 radical (unpaired) electrons. The largest absolute Gasteiger partial charge is 0.350 e. The lowest BCUT2D eigenvalue weighted by molar-refractivity contribution is -0.117. The fourth-order valence-corrected chi connectivity index (χ4v) is 3.26. The lowest BCUT2D eigenvalue weighted by Gasteiger charge is -2.32. The third kappa shape index (κ3) is 5.48. The van der Waals surface area contributed by atoms with Crippen molar-refractivity contribution in [1.82, 2.24) is 10.2 Å². The smallest absolute Gasteiger partial charge is 0.244 e. The summed E-state index contributed by atoms with van der Waals surface area (Å²) < 4.78 is 26.3. The first kappa shape index (κ1) is 19.7. The van der Waals surface area contributed by atoms with Gasteiger partial charge in [-0.1, -0.05) is 18.2 Å². The highest BCUT2D eigenvalue weighted by Crippen LogP contribution is 2.16. The zero-order valence-corrected chi connectivity index (χ0v) is 15.4. The standard InChI is InChI=1S/C22H21F2N3O/c23-20-6-4-18(13-21(20)24)15-27-10-8-19(9-11-27)26-22(28)7-5-16-2-1-3-17(12-16)14-25/h1-7,12-13,19H,8-11,15H2,(H,26,28)/b7-5+. The van der Waals surface area contributed by atoms with Crippen LogP contribution in [-0.4, -0.2) is 29.9 Å². The molecule has 0 saturated carbocycles. The molecule has 0 spiro atoms. The Labute approximate surface area is 163 Å². The molecule has 4 nitrogen and oxygen atoms in total. The summed E-state index contributed by atoms with van der Waals surface area (Å²) in [5.41, 5.74) is 2.09. The first-order chi connectivity index (χ1) is 13.5. The number of nitriles is 1. The lowest BCUT2D eigenvalue weighted by Crippen LogP contribution is -2.43. The van der Waals surface area contributed by atoms with E-state index in [0.29, 0.717) is 12.1 Å². The number of likely N-dealkylation sites (tertiary alicyclic amines) is 1. The van der Waals surface area contributed by atoms with Crippen molar-refractivity contribution in [2.24, 2.45) is 0 Å². The zero-order valence-electron chi connectivity index (χ0n) is 15.4. The lowest BCUT2D eigenvalue weighted by atomic mass is 10.0. The van der Waals surface area contributed by atoms with Gasteiger partial charge in [0.25, 0.3) is 0 Å². The molecule has 0 aromatic heterocycles. The van der Waals surface area contributed by atoms with Gasteiger partial charge in [0.05, 0.1) is 11.6 Å².